The molecular weight excluding hydrogens is 258 g/mol. The van der Waals surface area contributed by atoms with Crippen LogP contribution in [0, 0.1) is 0 Å². The van der Waals surface area contributed by atoms with Crippen molar-refractivity contribution < 1.29 is 5.11 Å². The van der Waals surface area contributed by atoms with E-state index >= 15 is 0 Å². The van der Waals surface area contributed by atoms with Crippen LogP contribution in [0.25, 0.3) is 0 Å². The molecule has 0 bridgehead atoms. The average Bonchev–Trinajstić information content (AvgIpc) is 2.53. The highest BCUT2D eigenvalue weighted by atomic mass is 16.3. The average molecular weight is 287 g/mol. The second kappa shape index (κ2) is 6.50. The maximum absolute atomic E-state index is 9.60. The first kappa shape index (κ1) is 15.1. The predicted octanol–water partition coefficient (Wildman–Crippen LogP) is 3.78. The lowest BCUT2D eigenvalue weighted by Crippen LogP contribution is -2.44. The van der Waals surface area contributed by atoms with Crippen LogP contribution < -0.4 is 5.32 Å². The van der Waals surface area contributed by atoms with Gasteiger partial charge in [-0.1, -0.05) is 37.3 Å². The van der Waals surface area contributed by atoms with Gasteiger partial charge in [0, 0.05) is 12.1 Å². The maximum atomic E-state index is 9.60. The Bertz CT molecular complexity index is 428. The van der Waals surface area contributed by atoms with Crippen molar-refractivity contribution in [1.29, 1.82) is 0 Å². The first-order valence-electron chi connectivity index (χ1n) is 8.65. The summed E-state index contributed by atoms with van der Waals surface area (Å²) in [4.78, 5) is 0. The van der Waals surface area contributed by atoms with E-state index in [0.29, 0.717) is 17.5 Å². The van der Waals surface area contributed by atoms with E-state index < -0.39 is 0 Å². The number of rotatable bonds is 3. The summed E-state index contributed by atoms with van der Waals surface area (Å²) >= 11 is 0. The predicted molar refractivity (Wildman–Crippen MR) is 87.4 cm³/mol. The highest BCUT2D eigenvalue weighted by molar-refractivity contribution is 5.25. The van der Waals surface area contributed by atoms with Gasteiger partial charge in [-0.05, 0) is 62.3 Å². The first-order chi connectivity index (χ1) is 10.2. The van der Waals surface area contributed by atoms with Gasteiger partial charge < -0.3 is 10.4 Å². The number of hydrogen-bond acceptors (Lipinski definition) is 2. The molecule has 0 saturated heterocycles. The topological polar surface area (TPSA) is 32.3 Å². The lowest BCUT2D eigenvalue weighted by molar-refractivity contribution is 0.110. The minimum Gasteiger partial charge on any atom is -0.393 e. The third kappa shape index (κ3) is 3.67. The van der Waals surface area contributed by atoms with E-state index in [1.807, 2.05) is 0 Å². The highest BCUT2D eigenvalue weighted by Gasteiger charge is 2.33. The summed E-state index contributed by atoms with van der Waals surface area (Å²) in [7, 11) is 0. The summed E-state index contributed by atoms with van der Waals surface area (Å²) in [5.74, 6) is 0. The lowest BCUT2D eigenvalue weighted by Gasteiger charge is -2.40. The fourth-order valence-electron chi connectivity index (χ4n) is 4.13. The van der Waals surface area contributed by atoms with Crippen LogP contribution in [0.5, 0.6) is 0 Å². The van der Waals surface area contributed by atoms with E-state index in [1.54, 1.807) is 0 Å². The Morgan fingerprint density at radius 1 is 0.905 bits per heavy atom. The van der Waals surface area contributed by atoms with Gasteiger partial charge in [-0.15, -0.1) is 0 Å². The van der Waals surface area contributed by atoms with Crippen LogP contribution in [-0.2, 0) is 5.41 Å². The molecule has 1 aromatic carbocycles. The number of hydrogen-bond donors (Lipinski definition) is 2. The van der Waals surface area contributed by atoms with Gasteiger partial charge in [0.25, 0.3) is 0 Å². The molecule has 2 aliphatic carbocycles. The lowest BCUT2D eigenvalue weighted by atomic mass is 9.69. The van der Waals surface area contributed by atoms with Crippen molar-refractivity contribution in [2.45, 2.75) is 81.9 Å². The molecule has 2 nitrogen and oxygen atoms in total. The Morgan fingerprint density at radius 2 is 1.48 bits per heavy atom. The fourth-order valence-corrected chi connectivity index (χ4v) is 4.13. The molecule has 2 saturated carbocycles. The van der Waals surface area contributed by atoms with Crippen molar-refractivity contribution in [2.75, 3.05) is 0 Å². The molecule has 0 aliphatic heterocycles. The molecule has 0 unspecified atom stereocenters. The second-order valence-electron chi connectivity index (χ2n) is 7.37. The molecular formula is C19H29NO. The van der Waals surface area contributed by atoms with E-state index in [-0.39, 0.29) is 6.10 Å². The van der Waals surface area contributed by atoms with Crippen molar-refractivity contribution >= 4 is 0 Å². The number of benzene rings is 1. The summed E-state index contributed by atoms with van der Waals surface area (Å²) < 4.78 is 0. The molecule has 0 radical (unpaired) electrons. The summed E-state index contributed by atoms with van der Waals surface area (Å²) in [5, 5.41) is 13.5. The summed E-state index contributed by atoms with van der Waals surface area (Å²) in [5.41, 5.74) is 1.87. The molecule has 2 aliphatic rings. The van der Waals surface area contributed by atoms with Gasteiger partial charge >= 0.3 is 0 Å². The zero-order chi connectivity index (χ0) is 14.7. The molecule has 2 N–H and O–H groups in total. The van der Waals surface area contributed by atoms with Crippen LogP contribution in [0.3, 0.4) is 0 Å². The van der Waals surface area contributed by atoms with E-state index in [0.717, 1.165) is 25.7 Å². The summed E-state index contributed by atoms with van der Waals surface area (Å²) in [6.07, 6.45) is 9.33. The molecule has 0 spiro atoms. The van der Waals surface area contributed by atoms with Crippen LogP contribution in [-0.4, -0.2) is 23.3 Å². The molecule has 1 aromatic rings. The minimum atomic E-state index is -0.0456. The second-order valence-corrected chi connectivity index (χ2v) is 7.37. The zero-order valence-electron chi connectivity index (χ0n) is 13.2. The van der Waals surface area contributed by atoms with E-state index in [9.17, 15) is 5.11 Å². The minimum absolute atomic E-state index is 0.0456. The van der Waals surface area contributed by atoms with E-state index in [4.69, 9.17) is 0 Å². The summed E-state index contributed by atoms with van der Waals surface area (Å²) in [6.45, 7) is 2.43. The molecule has 3 rings (SSSR count). The third-order valence-corrected chi connectivity index (χ3v) is 5.73. The van der Waals surface area contributed by atoms with Gasteiger partial charge in [-0.2, -0.15) is 0 Å². The van der Waals surface area contributed by atoms with Crippen LogP contribution in [0.4, 0.5) is 0 Å². The first-order valence-corrected chi connectivity index (χ1v) is 8.65. The molecule has 2 fully saturated rings. The van der Waals surface area contributed by atoms with Crippen LogP contribution in [0.1, 0.15) is 63.9 Å². The van der Waals surface area contributed by atoms with Crippen LogP contribution in [0.15, 0.2) is 30.3 Å². The standard InChI is InChI=1S/C19H29NO/c1-19(15-5-3-2-4-6-15)13-11-17(12-14-19)20-16-7-9-18(21)10-8-16/h2-6,16-18,20-21H,7-14H2,1H3. The van der Waals surface area contributed by atoms with Crippen LogP contribution in [0.2, 0.25) is 0 Å². The molecule has 0 aromatic heterocycles. The Morgan fingerprint density at radius 3 is 2.10 bits per heavy atom. The van der Waals surface area contributed by atoms with Crippen LogP contribution >= 0.6 is 0 Å². The molecule has 0 amide bonds. The van der Waals surface area contributed by atoms with Gasteiger partial charge in [0.1, 0.15) is 0 Å². The SMILES string of the molecule is CC1(c2ccccc2)CCC(NC2CCC(O)CC2)CC1. The molecule has 0 atom stereocenters. The number of nitrogens with one attached hydrogen (secondary N) is 1. The number of aliphatic hydroxyl groups is 1. The maximum Gasteiger partial charge on any atom is 0.0541 e. The number of aliphatic hydroxyl groups excluding tert-OH is 1. The Hall–Kier alpha value is -0.860. The van der Waals surface area contributed by atoms with Crippen molar-refractivity contribution in [3.8, 4) is 0 Å². The van der Waals surface area contributed by atoms with Crippen molar-refractivity contribution in [3.63, 3.8) is 0 Å². The van der Waals surface area contributed by atoms with Gasteiger partial charge in [-0.3, -0.25) is 0 Å². The highest BCUT2D eigenvalue weighted by Crippen LogP contribution is 2.39. The Balaban J connectivity index is 1.51. The van der Waals surface area contributed by atoms with Gasteiger partial charge in [0.05, 0.1) is 6.10 Å². The quantitative estimate of drug-likeness (QED) is 0.886. The van der Waals surface area contributed by atoms with Crippen molar-refractivity contribution in [2.24, 2.45) is 0 Å². The van der Waals surface area contributed by atoms with Gasteiger partial charge in [-0.25, -0.2) is 0 Å². The van der Waals surface area contributed by atoms with Gasteiger partial charge in [0.2, 0.25) is 0 Å². The van der Waals surface area contributed by atoms with Crippen molar-refractivity contribution in [3.05, 3.63) is 35.9 Å². The molecule has 0 heterocycles. The fraction of sp³-hybridized carbons (Fsp3) is 0.684. The zero-order valence-corrected chi connectivity index (χ0v) is 13.2. The largest absolute Gasteiger partial charge is 0.393 e. The molecule has 2 heteroatoms. The van der Waals surface area contributed by atoms with E-state index in [2.05, 4.69) is 42.6 Å². The Kier molecular flexibility index (Phi) is 4.66. The monoisotopic (exact) mass is 287 g/mol. The Labute approximate surface area is 129 Å². The van der Waals surface area contributed by atoms with E-state index in [1.165, 1.54) is 31.2 Å². The van der Waals surface area contributed by atoms with Gasteiger partial charge in [0.15, 0.2) is 0 Å². The summed E-state index contributed by atoms with van der Waals surface area (Å²) in [6, 6.07) is 12.3. The normalized spacial score (nSPS) is 37.3. The molecule has 116 valence electrons. The third-order valence-electron chi connectivity index (χ3n) is 5.73. The molecule has 21 heavy (non-hydrogen) atoms. The van der Waals surface area contributed by atoms with Crippen molar-refractivity contribution in [1.82, 2.24) is 5.32 Å². The smallest absolute Gasteiger partial charge is 0.0541 e.